The van der Waals surface area contributed by atoms with E-state index in [-0.39, 0.29) is 11.8 Å². The molecule has 0 unspecified atom stereocenters. The zero-order valence-electron chi connectivity index (χ0n) is 16.2. The van der Waals surface area contributed by atoms with Crippen molar-refractivity contribution in [1.29, 1.82) is 0 Å². The molecular weight excluding hydrogens is 352 g/mol. The summed E-state index contributed by atoms with van der Waals surface area (Å²) in [6.07, 6.45) is 0. The number of nitrogens with zero attached hydrogens (tertiary/aromatic N) is 2. The van der Waals surface area contributed by atoms with Gasteiger partial charge in [-0.1, -0.05) is 44.2 Å². The molecule has 0 atom stereocenters. The number of hydrogen-bond acceptors (Lipinski definition) is 3. The second-order valence-electron chi connectivity index (χ2n) is 7.51. The molecule has 0 radical (unpaired) electrons. The molecule has 3 aromatic rings. The molecule has 2 heterocycles. The molecular formula is C23H24N2O3. The van der Waals surface area contributed by atoms with Crippen LogP contribution in [0.25, 0.3) is 11.0 Å². The maximum atomic E-state index is 12.7. The molecule has 0 spiro atoms. The fourth-order valence-corrected chi connectivity index (χ4v) is 3.55. The third kappa shape index (κ3) is 3.52. The Labute approximate surface area is 164 Å². The number of carbonyl (C=O) groups is 2. The summed E-state index contributed by atoms with van der Waals surface area (Å²) in [7, 11) is 0. The Morgan fingerprint density at radius 1 is 0.857 bits per heavy atom. The van der Waals surface area contributed by atoms with Gasteiger partial charge in [-0.15, -0.1) is 0 Å². The van der Waals surface area contributed by atoms with Crippen LogP contribution >= 0.6 is 0 Å². The van der Waals surface area contributed by atoms with Gasteiger partial charge in [0.2, 0.25) is 0 Å². The van der Waals surface area contributed by atoms with Gasteiger partial charge in [0.25, 0.3) is 11.8 Å². The predicted octanol–water partition coefficient (Wildman–Crippen LogP) is 4.15. The Morgan fingerprint density at radius 2 is 1.46 bits per heavy atom. The lowest BCUT2D eigenvalue weighted by atomic mass is 10.0. The van der Waals surface area contributed by atoms with E-state index >= 15 is 0 Å². The van der Waals surface area contributed by atoms with Crippen LogP contribution in [0.3, 0.4) is 0 Å². The Kier molecular flexibility index (Phi) is 4.90. The van der Waals surface area contributed by atoms with E-state index in [0.717, 1.165) is 5.39 Å². The molecule has 0 N–H and O–H groups in total. The second-order valence-corrected chi connectivity index (χ2v) is 7.51. The van der Waals surface area contributed by atoms with Crippen LogP contribution < -0.4 is 0 Å². The number of furan rings is 1. The summed E-state index contributed by atoms with van der Waals surface area (Å²) < 4.78 is 5.69. The monoisotopic (exact) mass is 376 g/mol. The van der Waals surface area contributed by atoms with E-state index < -0.39 is 0 Å². The first-order valence-electron chi connectivity index (χ1n) is 9.70. The lowest BCUT2D eigenvalue weighted by Gasteiger charge is -2.34. The quantitative estimate of drug-likeness (QED) is 0.690. The van der Waals surface area contributed by atoms with Crippen LogP contribution in [-0.2, 0) is 0 Å². The van der Waals surface area contributed by atoms with Gasteiger partial charge < -0.3 is 14.2 Å². The van der Waals surface area contributed by atoms with Crippen molar-refractivity contribution >= 4 is 22.8 Å². The molecule has 1 aliphatic heterocycles. The number of rotatable bonds is 3. The van der Waals surface area contributed by atoms with Gasteiger partial charge >= 0.3 is 0 Å². The van der Waals surface area contributed by atoms with Gasteiger partial charge in [-0.2, -0.15) is 0 Å². The van der Waals surface area contributed by atoms with E-state index in [0.29, 0.717) is 49.0 Å². The predicted molar refractivity (Wildman–Crippen MR) is 109 cm³/mol. The lowest BCUT2D eigenvalue weighted by Crippen LogP contribution is -2.50. The molecule has 2 amide bonds. The third-order valence-electron chi connectivity index (χ3n) is 5.31. The third-order valence-corrected chi connectivity index (χ3v) is 5.31. The van der Waals surface area contributed by atoms with Gasteiger partial charge in [0.05, 0.1) is 0 Å². The van der Waals surface area contributed by atoms with Crippen LogP contribution in [-0.4, -0.2) is 47.8 Å². The van der Waals surface area contributed by atoms with Crippen LogP contribution in [0.2, 0.25) is 0 Å². The highest BCUT2D eigenvalue weighted by Gasteiger charge is 2.27. The molecule has 2 aromatic carbocycles. The number of hydrogen-bond donors (Lipinski definition) is 0. The summed E-state index contributed by atoms with van der Waals surface area (Å²) in [5.41, 5.74) is 2.63. The Bertz CT molecular complexity index is 963. The van der Waals surface area contributed by atoms with Crippen LogP contribution in [0.4, 0.5) is 0 Å². The van der Waals surface area contributed by atoms with E-state index in [4.69, 9.17) is 4.42 Å². The topological polar surface area (TPSA) is 53.8 Å². The van der Waals surface area contributed by atoms with E-state index in [2.05, 4.69) is 13.8 Å². The zero-order chi connectivity index (χ0) is 19.7. The van der Waals surface area contributed by atoms with Gasteiger partial charge in [-0.3, -0.25) is 9.59 Å². The molecule has 0 saturated carbocycles. The molecule has 144 valence electrons. The van der Waals surface area contributed by atoms with E-state index in [1.807, 2.05) is 53.4 Å². The lowest BCUT2D eigenvalue weighted by molar-refractivity contribution is 0.0519. The summed E-state index contributed by atoms with van der Waals surface area (Å²) >= 11 is 0. The molecule has 1 aliphatic rings. The van der Waals surface area contributed by atoms with Gasteiger partial charge in [0.15, 0.2) is 5.76 Å². The number of carbonyl (C=O) groups excluding carboxylic acids is 2. The van der Waals surface area contributed by atoms with Crippen molar-refractivity contribution in [3.8, 4) is 0 Å². The van der Waals surface area contributed by atoms with Crippen molar-refractivity contribution in [3.05, 3.63) is 71.5 Å². The van der Waals surface area contributed by atoms with Crippen molar-refractivity contribution in [2.24, 2.45) is 0 Å². The number of fused-ring (bicyclic) bond motifs is 1. The standard InChI is InChI=1S/C23H24N2O3/c1-16(2)17-7-9-18(10-8-17)22(26)24-11-13-25(14-12-24)23(27)21-15-19-5-3-4-6-20(19)28-21/h3-10,15-16H,11-14H2,1-2H3. The maximum Gasteiger partial charge on any atom is 0.289 e. The van der Waals surface area contributed by atoms with Crippen molar-refractivity contribution in [1.82, 2.24) is 9.80 Å². The fraction of sp³-hybridized carbons (Fsp3) is 0.304. The molecule has 1 saturated heterocycles. The second kappa shape index (κ2) is 7.50. The van der Waals surface area contributed by atoms with E-state index in [1.165, 1.54) is 5.56 Å². The summed E-state index contributed by atoms with van der Waals surface area (Å²) in [4.78, 5) is 29.1. The van der Waals surface area contributed by atoms with Crippen molar-refractivity contribution in [2.45, 2.75) is 19.8 Å². The summed E-state index contributed by atoms with van der Waals surface area (Å²) in [6.45, 7) is 6.33. The Balaban J connectivity index is 1.39. The van der Waals surface area contributed by atoms with E-state index in [9.17, 15) is 9.59 Å². The SMILES string of the molecule is CC(C)c1ccc(C(=O)N2CCN(C(=O)c3cc4ccccc4o3)CC2)cc1. The molecule has 4 rings (SSSR count). The minimum Gasteiger partial charge on any atom is -0.451 e. The number of piperazine rings is 1. The average Bonchev–Trinajstić information content (AvgIpc) is 3.17. The minimum absolute atomic E-state index is 0.0196. The first kappa shape index (κ1) is 18.3. The molecule has 28 heavy (non-hydrogen) atoms. The number of amides is 2. The van der Waals surface area contributed by atoms with Crippen LogP contribution in [0.1, 0.15) is 46.2 Å². The molecule has 0 aliphatic carbocycles. The van der Waals surface area contributed by atoms with E-state index in [1.54, 1.807) is 11.0 Å². The summed E-state index contributed by atoms with van der Waals surface area (Å²) in [6, 6.07) is 17.2. The first-order chi connectivity index (χ1) is 13.5. The van der Waals surface area contributed by atoms with Gasteiger partial charge in [-0.25, -0.2) is 0 Å². The Morgan fingerprint density at radius 3 is 2.07 bits per heavy atom. The van der Waals surface area contributed by atoms with Gasteiger partial charge in [0.1, 0.15) is 5.58 Å². The Hall–Kier alpha value is -3.08. The van der Waals surface area contributed by atoms with Crippen molar-refractivity contribution in [3.63, 3.8) is 0 Å². The minimum atomic E-state index is -0.121. The highest BCUT2D eigenvalue weighted by molar-refractivity contribution is 5.97. The van der Waals surface area contributed by atoms with Gasteiger partial charge in [0, 0.05) is 37.1 Å². The first-order valence-corrected chi connectivity index (χ1v) is 9.70. The molecule has 1 aromatic heterocycles. The zero-order valence-corrected chi connectivity index (χ0v) is 16.2. The molecule has 1 fully saturated rings. The largest absolute Gasteiger partial charge is 0.451 e. The van der Waals surface area contributed by atoms with Crippen LogP contribution in [0.15, 0.2) is 59.0 Å². The maximum absolute atomic E-state index is 12.7. The van der Waals surface area contributed by atoms with Crippen molar-refractivity contribution in [2.75, 3.05) is 26.2 Å². The van der Waals surface area contributed by atoms with Gasteiger partial charge in [-0.05, 0) is 35.7 Å². The average molecular weight is 376 g/mol. The van der Waals surface area contributed by atoms with Crippen LogP contribution in [0, 0.1) is 0 Å². The van der Waals surface area contributed by atoms with Crippen molar-refractivity contribution < 1.29 is 14.0 Å². The highest BCUT2D eigenvalue weighted by Crippen LogP contribution is 2.21. The molecule has 5 heteroatoms. The number of benzene rings is 2. The molecule has 0 bridgehead atoms. The number of para-hydroxylation sites is 1. The highest BCUT2D eigenvalue weighted by atomic mass is 16.3. The smallest absolute Gasteiger partial charge is 0.289 e. The summed E-state index contributed by atoms with van der Waals surface area (Å²) in [5, 5.41) is 0.921. The fourth-order valence-electron chi connectivity index (χ4n) is 3.55. The summed E-state index contributed by atoms with van der Waals surface area (Å²) in [5.74, 6) is 0.693. The van der Waals surface area contributed by atoms with Crippen LogP contribution in [0.5, 0.6) is 0 Å². The molecule has 5 nitrogen and oxygen atoms in total. The normalized spacial score (nSPS) is 14.7.